The maximum atomic E-state index is 6.47. The standard InChI is InChI=1S/C22H23Cl2N2S/c1-14(16-7-5-4-6-8-16)26(3,18-10-11-18)22-25-21(15(2)27-22)19-12-9-17(23)13-20(19)24/h4-9,12-14,18H,10-11H2,1-3H3/q+1. The molecule has 2 aromatic carbocycles. The predicted molar refractivity (Wildman–Crippen MR) is 118 cm³/mol. The molecule has 0 saturated heterocycles. The second kappa shape index (κ2) is 7.21. The normalized spacial score (nSPS) is 17.5. The van der Waals surface area contributed by atoms with Crippen LogP contribution in [0, 0.1) is 6.92 Å². The average Bonchev–Trinajstić information content (AvgIpc) is 3.44. The number of hydrogen-bond acceptors (Lipinski definition) is 2. The van der Waals surface area contributed by atoms with E-state index in [0.717, 1.165) is 20.9 Å². The zero-order chi connectivity index (χ0) is 19.2. The van der Waals surface area contributed by atoms with Crippen molar-refractivity contribution in [2.75, 3.05) is 7.05 Å². The minimum absolute atomic E-state index is 0.345. The van der Waals surface area contributed by atoms with Crippen LogP contribution in [-0.2, 0) is 0 Å². The summed E-state index contributed by atoms with van der Waals surface area (Å²) in [6.45, 7) is 4.45. The van der Waals surface area contributed by atoms with E-state index in [4.69, 9.17) is 28.2 Å². The summed E-state index contributed by atoms with van der Waals surface area (Å²) >= 11 is 14.3. The molecule has 0 spiro atoms. The van der Waals surface area contributed by atoms with Gasteiger partial charge in [0, 0.05) is 33.9 Å². The summed E-state index contributed by atoms with van der Waals surface area (Å²) in [6.07, 6.45) is 2.51. The molecule has 3 aromatic rings. The highest BCUT2D eigenvalue weighted by Gasteiger charge is 2.49. The van der Waals surface area contributed by atoms with Crippen LogP contribution < -0.4 is 4.48 Å². The van der Waals surface area contributed by atoms with Gasteiger partial charge in [-0.15, -0.1) is 0 Å². The first kappa shape index (κ1) is 18.9. The Labute approximate surface area is 175 Å². The van der Waals surface area contributed by atoms with E-state index < -0.39 is 0 Å². The maximum absolute atomic E-state index is 6.47. The third-order valence-corrected chi connectivity index (χ3v) is 7.49. The van der Waals surface area contributed by atoms with E-state index in [9.17, 15) is 0 Å². The summed E-state index contributed by atoms with van der Waals surface area (Å²) in [5.74, 6) is 0. The molecule has 0 amide bonds. The summed E-state index contributed by atoms with van der Waals surface area (Å²) in [7, 11) is 2.33. The largest absolute Gasteiger partial charge is 0.287 e. The molecule has 2 unspecified atom stereocenters. The molecule has 1 aliphatic carbocycles. The molecule has 4 rings (SSSR count). The SMILES string of the molecule is Cc1sc([N+](C)(C2CC2)C(C)c2ccccc2)nc1-c1ccc(Cl)cc1Cl. The van der Waals surface area contributed by atoms with Gasteiger partial charge in [-0.3, -0.25) is 4.48 Å². The van der Waals surface area contributed by atoms with Gasteiger partial charge in [-0.05, 0) is 32.0 Å². The van der Waals surface area contributed by atoms with Crippen molar-refractivity contribution < 1.29 is 0 Å². The van der Waals surface area contributed by atoms with Crippen LogP contribution in [-0.4, -0.2) is 18.1 Å². The smallest absolute Gasteiger partial charge is 0.259 e. The third-order valence-electron chi connectivity index (χ3n) is 5.78. The highest BCUT2D eigenvalue weighted by atomic mass is 35.5. The Balaban J connectivity index is 1.79. The van der Waals surface area contributed by atoms with Gasteiger partial charge in [-0.2, -0.15) is 4.98 Å². The summed E-state index contributed by atoms with van der Waals surface area (Å²) in [4.78, 5) is 6.31. The topological polar surface area (TPSA) is 12.9 Å². The molecule has 1 heterocycles. The van der Waals surface area contributed by atoms with Crippen molar-refractivity contribution in [1.29, 1.82) is 0 Å². The fraction of sp³-hybridized carbons (Fsp3) is 0.318. The maximum Gasteiger partial charge on any atom is 0.287 e. The van der Waals surface area contributed by atoms with Crippen LogP contribution in [0.15, 0.2) is 48.5 Å². The quantitative estimate of drug-likeness (QED) is 0.397. The first-order valence-electron chi connectivity index (χ1n) is 9.25. The molecule has 1 fully saturated rings. The molecule has 0 bridgehead atoms. The molecule has 2 nitrogen and oxygen atoms in total. The van der Waals surface area contributed by atoms with Gasteiger partial charge >= 0.3 is 0 Å². The Morgan fingerprint density at radius 3 is 2.44 bits per heavy atom. The predicted octanol–water partition coefficient (Wildman–Crippen LogP) is 7.29. The van der Waals surface area contributed by atoms with Gasteiger partial charge in [0.2, 0.25) is 0 Å². The van der Waals surface area contributed by atoms with Crippen LogP contribution in [0.4, 0.5) is 5.13 Å². The molecule has 5 heteroatoms. The molecule has 27 heavy (non-hydrogen) atoms. The van der Waals surface area contributed by atoms with E-state index in [2.05, 4.69) is 51.2 Å². The zero-order valence-corrected chi connectivity index (χ0v) is 18.1. The first-order chi connectivity index (χ1) is 12.9. The van der Waals surface area contributed by atoms with Crippen LogP contribution >= 0.6 is 34.5 Å². The lowest BCUT2D eigenvalue weighted by molar-refractivity contribution is 0.249. The number of thiazole rings is 1. The van der Waals surface area contributed by atoms with Gasteiger partial charge < -0.3 is 0 Å². The Morgan fingerprint density at radius 1 is 1.11 bits per heavy atom. The summed E-state index contributed by atoms with van der Waals surface area (Å²) < 4.78 is 0.848. The number of aromatic nitrogens is 1. The molecule has 1 aliphatic rings. The van der Waals surface area contributed by atoms with Gasteiger partial charge in [-0.25, -0.2) is 0 Å². The molecule has 0 aliphatic heterocycles. The van der Waals surface area contributed by atoms with E-state index >= 15 is 0 Å². The lowest BCUT2D eigenvalue weighted by Crippen LogP contribution is -2.49. The van der Waals surface area contributed by atoms with E-state index in [-0.39, 0.29) is 0 Å². The molecule has 1 saturated carbocycles. The van der Waals surface area contributed by atoms with E-state index in [1.807, 2.05) is 12.1 Å². The number of benzene rings is 2. The second-order valence-electron chi connectivity index (χ2n) is 7.49. The lowest BCUT2D eigenvalue weighted by atomic mass is 10.1. The molecule has 0 N–H and O–H groups in total. The second-order valence-corrected chi connectivity index (χ2v) is 9.52. The number of hydrogen-bond donors (Lipinski definition) is 0. The van der Waals surface area contributed by atoms with Gasteiger partial charge in [-0.1, -0.05) is 64.9 Å². The van der Waals surface area contributed by atoms with Crippen LogP contribution in [0.3, 0.4) is 0 Å². The highest BCUT2D eigenvalue weighted by Crippen LogP contribution is 2.48. The molecule has 140 valence electrons. The van der Waals surface area contributed by atoms with Crippen molar-refractivity contribution >= 4 is 39.7 Å². The first-order valence-corrected chi connectivity index (χ1v) is 10.8. The molecule has 2 atom stereocenters. The van der Waals surface area contributed by atoms with Gasteiger partial charge in [0.25, 0.3) is 5.13 Å². The lowest BCUT2D eigenvalue weighted by Gasteiger charge is -2.37. The molecular weight excluding hydrogens is 395 g/mol. The fourth-order valence-electron chi connectivity index (χ4n) is 3.81. The Bertz CT molecular complexity index is 966. The van der Waals surface area contributed by atoms with Crippen molar-refractivity contribution in [1.82, 2.24) is 9.47 Å². The molecule has 0 radical (unpaired) electrons. The summed E-state index contributed by atoms with van der Waals surface area (Å²) in [5.41, 5.74) is 3.28. The van der Waals surface area contributed by atoms with E-state index in [1.165, 1.54) is 23.3 Å². The number of halogens is 2. The van der Waals surface area contributed by atoms with Crippen molar-refractivity contribution in [3.8, 4) is 11.3 Å². The van der Waals surface area contributed by atoms with E-state index in [0.29, 0.717) is 22.1 Å². The highest BCUT2D eigenvalue weighted by molar-refractivity contribution is 7.15. The van der Waals surface area contributed by atoms with Crippen molar-refractivity contribution in [3.63, 3.8) is 0 Å². The third kappa shape index (κ3) is 3.42. The van der Waals surface area contributed by atoms with Gasteiger partial charge in [0.1, 0.15) is 6.04 Å². The number of rotatable bonds is 5. The van der Waals surface area contributed by atoms with Crippen molar-refractivity contribution in [2.45, 2.75) is 38.8 Å². The monoisotopic (exact) mass is 417 g/mol. The average molecular weight is 418 g/mol. The van der Waals surface area contributed by atoms with Crippen LogP contribution in [0.1, 0.15) is 36.2 Å². The number of nitrogens with zero attached hydrogens (tertiary/aromatic N) is 2. The summed E-state index contributed by atoms with van der Waals surface area (Å²) in [5, 5.41) is 2.46. The summed E-state index contributed by atoms with van der Waals surface area (Å²) in [6, 6.07) is 17.4. The van der Waals surface area contributed by atoms with E-state index in [1.54, 1.807) is 17.4 Å². The van der Waals surface area contributed by atoms with Crippen LogP contribution in [0.2, 0.25) is 10.0 Å². The number of quaternary nitrogens is 1. The fourth-order valence-corrected chi connectivity index (χ4v) is 5.48. The van der Waals surface area contributed by atoms with Crippen molar-refractivity contribution in [3.05, 3.63) is 69.0 Å². The van der Waals surface area contributed by atoms with Gasteiger partial charge in [0.05, 0.1) is 23.8 Å². The Morgan fingerprint density at radius 2 is 1.81 bits per heavy atom. The van der Waals surface area contributed by atoms with Crippen LogP contribution in [0.5, 0.6) is 0 Å². The molecule has 1 aromatic heterocycles. The minimum atomic E-state index is 0.345. The van der Waals surface area contributed by atoms with Crippen molar-refractivity contribution in [2.24, 2.45) is 0 Å². The minimum Gasteiger partial charge on any atom is -0.259 e. The zero-order valence-electron chi connectivity index (χ0n) is 15.7. The van der Waals surface area contributed by atoms with Crippen LogP contribution in [0.25, 0.3) is 11.3 Å². The Kier molecular flexibility index (Phi) is 5.06. The molecular formula is C22H23Cl2N2S+. The van der Waals surface area contributed by atoms with Gasteiger partial charge in [0.15, 0.2) is 0 Å². The Hall–Kier alpha value is -1.39. The number of aryl methyl sites for hydroxylation is 1.